The lowest BCUT2D eigenvalue weighted by molar-refractivity contribution is -0.147. The van der Waals surface area contributed by atoms with Crippen molar-refractivity contribution in [2.24, 2.45) is 0 Å². The van der Waals surface area contributed by atoms with E-state index in [1.807, 2.05) is 0 Å². The molecular formula is C13H28O7. The minimum Gasteiger partial charge on any atom is -0.463 e. The second kappa shape index (κ2) is 17.8. The van der Waals surface area contributed by atoms with Crippen molar-refractivity contribution in [3.8, 4) is 0 Å². The maximum atomic E-state index is 10.3. The predicted molar refractivity (Wildman–Crippen MR) is 74.2 cm³/mol. The van der Waals surface area contributed by atoms with Gasteiger partial charge in [0.05, 0.1) is 12.7 Å². The van der Waals surface area contributed by atoms with Crippen LogP contribution in [0.15, 0.2) is 0 Å². The van der Waals surface area contributed by atoms with Gasteiger partial charge in [0, 0.05) is 27.6 Å². The van der Waals surface area contributed by atoms with Crippen molar-refractivity contribution in [1.82, 2.24) is 0 Å². The molecule has 0 aliphatic carbocycles. The van der Waals surface area contributed by atoms with Crippen LogP contribution in [0.25, 0.3) is 0 Å². The maximum Gasteiger partial charge on any atom is 0.302 e. The lowest BCUT2D eigenvalue weighted by Crippen LogP contribution is -2.17. The molecule has 122 valence electrons. The van der Waals surface area contributed by atoms with E-state index < -0.39 is 6.10 Å². The first-order valence-electron chi connectivity index (χ1n) is 6.29. The Morgan fingerprint density at radius 2 is 1.55 bits per heavy atom. The smallest absolute Gasteiger partial charge is 0.302 e. The number of rotatable bonds is 5. The summed E-state index contributed by atoms with van der Waals surface area (Å²) in [5.41, 5.74) is 0. The first-order valence-corrected chi connectivity index (χ1v) is 6.29. The van der Waals surface area contributed by atoms with Crippen LogP contribution in [0.4, 0.5) is 0 Å². The van der Waals surface area contributed by atoms with Gasteiger partial charge in [-0.3, -0.25) is 9.59 Å². The Balaban J connectivity index is -0.000000243. The van der Waals surface area contributed by atoms with Crippen molar-refractivity contribution in [3.63, 3.8) is 0 Å². The Morgan fingerprint density at radius 3 is 1.75 bits per heavy atom. The Morgan fingerprint density at radius 1 is 1.10 bits per heavy atom. The average molecular weight is 296 g/mol. The predicted octanol–water partition coefficient (Wildman–Crippen LogP) is 0.513. The quantitative estimate of drug-likeness (QED) is 0.713. The zero-order chi connectivity index (χ0) is 16.6. The number of ether oxygens (including phenoxy) is 3. The summed E-state index contributed by atoms with van der Waals surface area (Å²) in [6.45, 7) is 8.51. The van der Waals surface area contributed by atoms with Gasteiger partial charge >= 0.3 is 11.9 Å². The Bertz CT molecular complexity index is 229. The SMILES string of the molecule is CC(=O)OCC(C)O.CCO.COCC(C)OC(C)=O. The number of esters is 2. The zero-order valence-electron chi connectivity index (χ0n) is 13.2. The highest BCUT2D eigenvalue weighted by molar-refractivity contribution is 5.66. The molecule has 0 saturated heterocycles. The minimum absolute atomic E-state index is 0.0926. The van der Waals surface area contributed by atoms with E-state index in [0.717, 1.165) is 0 Å². The van der Waals surface area contributed by atoms with E-state index in [2.05, 4.69) is 4.74 Å². The lowest BCUT2D eigenvalue weighted by atomic mass is 10.4. The van der Waals surface area contributed by atoms with Crippen LogP contribution in [0.3, 0.4) is 0 Å². The molecule has 7 nitrogen and oxygen atoms in total. The van der Waals surface area contributed by atoms with E-state index in [-0.39, 0.29) is 31.3 Å². The molecule has 20 heavy (non-hydrogen) atoms. The second-order valence-electron chi connectivity index (χ2n) is 3.84. The van der Waals surface area contributed by atoms with Crippen LogP contribution >= 0.6 is 0 Å². The maximum absolute atomic E-state index is 10.3. The molecule has 2 atom stereocenters. The van der Waals surface area contributed by atoms with Gasteiger partial charge < -0.3 is 24.4 Å². The highest BCUT2D eigenvalue weighted by Gasteiger charge is 2.02. The third-order valence-electron chi connectivity index (χ3n) is 1.30. The molecule has 0 fully saturated rings. The number of carbonyl (C=O) groups is 2. The summed E-state index contributed by atoms with van der Waals surface area (Å²) >= 11 is 0. The van der Waals surface area contributed by atoms with E-state index in [1.165, 1.54) is 13.8 Å². The Labute approximate surface area is 120 Å². The summed E-state index contributed by atoms with van der Waals surface area (Å²) in [5, 5.41) is 16.1. The van der Waals surface area contributed by atoms with Crippen LogP contribution in [0.5, 0.6) is 0 Å². The summed E-state index contributed by atoms with van der Waals surface area (Å²) in [5.74, 6) is -0.620. The standard InChI is InChI=1S/C6H12O3.C5H10O3.C2H6O/c1-5(4-8-3)9-6(2)7;1-4(6)3-8-5(2)7;1-2-3/h5H,4H2,1-3H3;4,6H,3H2,1-2H3;3H,2H2,1H3. The van der Waals surface area contributed by atoms with Gasteiger partial charge in [0.2, 0.25) is 0 Å². The molecule has 0 aromatic carbocycles. The first-order chi connectivity index (χ1) is 9.20. The van der Waals surface area contributed by atoms with Gasteiger partial charge in [0.15, 0.2) is 0 Å². The fourth-order valence-corrected chi connectivity index (χ4v) is 0.790. The van der Waals surface area contributed by atoms with Crippen LogP contribution in [0, 0.1) is 0 Å². The van der Waals surface area contributed by atoms with Gasteiger partial charge in [-0.25, -0.2) is 0 Å². The largest absolute Gasteiger partial charge is 0.463 e. The van der Waals surface area contributed by atoms with Gasteiger partial charge in [0.1, 0.15) is 12.7 Å². The highest BCUT2D eigenvalue weighted by atomic mass is 16.6. The lowest BCUT2D eigenvalue weighted by Gasteiger charge is -2.08. The molecule has 0 aromatic heterocycles. The van der Waals surface area contributed by atoms with Crippen molar-refractivity contribution in [3.05, 3.63) is 0 Å². The third kappa shape index (κ3) is 36.0. The molecule has 0 radical (unpaired) electrons. The summed E-state index contributed by atoms with van der Waals surface area (Å²) in [6.07, 6.45) is -0.689. The van der Waals surface area contributed by atoms with E-state index >= 15 is 0 Å². The summed E-state index contributed by atoms with van der Waals surface area (Å²) in [7, 11) is 1.57. The fraction of sp³-hybridized carbons (Fsp3) is 0.846. The summed E-state index contributed by atoms with van der Waals surface area (Å²) in [6, 6.07) is 0. The zero-order valence-corrected chi connectivity index (χ0v) is 13.2. The van der Waals surface area contributed by atoms with Gasteiger partial charge in [0.25, 0.3) is 0 Å². The minimum atomic E-state index is -0.557. The van der Waals surface area contributed by atoms with E-state index in [0.29, 0.717) is 6.61 Å². The number of methoxy groups -OCH3 is 1. The number of aliphatic hydroxyl groups excluding tert-OH is 2. The van der Waals surface area contributed by atoms with Crippen molar-refractivity contribution in [2.45, 2.75) is 46.8 Å². The molecule has 0 aliphatic rings. The Kier molecular flexibility index (Phi) is 21.3. The van der Waals surface area contributed by atoms with Crippen LogP contribution < -0.4 is 0 Å². The van der Waals surface area contributed by atoms with Crippen LogP contribution in [0.2, 0.25) is 0 Å². The third-order valence-corrected chi connectivity index (χ3v) is 1.30. The van der Waals surface area contributed by atoms with E-state index in [9.17, 15) is 9.59 Å². The van der Waals surface area contributed by atoms with Crippen molar-refractivity contribution in [1.29, 1.82) is 0 Å². The normalized spacial score (nSPS) is 11.8. The molecule has 0 heterocycles. The van der Waals surface area contributed by atoms with Crippen molar-refractivity contribution >= 4 is 11.9 Å². The molecule has 0 bridgehead atoms. The topological polar surface area (TPSA) is 102 Å². The van der Waals surface area contributed by atoms with Crippen molar-refractivity contribution < 1.29 is 34.0 Å². The molecule has 0 aliphatic heterocycles. The van der Waals surface area contributed by atoms with Crippen LogP contribution in [-0.2, 0) is 23.8 Å². The number of hydrogen-bond acceptors (Lipinski definition) is 7. The molecule has 2 N–H and O–H groups in total. The van der Waals surface area contributed by atoms with Gasteiger partial charge in [-0.2, -0.15) is 0 Å². The number of carbonyl (C=O) groups excluding carboxylic acids is 2. The molecule has 0 saturated carbocycles. The summed E-state index contributed by atoms with van der Waals surface area (Å²) < 4.78 is 13.9. The first kappa shape index (κ1) is 23.9. The molecule has 7 heteroatoms. The number of aliphatic hydroxyl groups is 2. The van der Waals surface area contributed by atoms with Crippen molar-refractivity contribution in [2.75, 3.05) is 26.9 Å². The molecule has 2 unspecified atom stereocenters. The molecule has 0 rings (SSSR count). The highest BCUT2D eigenvalue weighted by Crippen LogP contribution is 1.90. The average Bonchev–Trinajstić information content (AvgIpc) is 2.27. The van der Waals surface area contributed by atoms with E-state index in [1.54, 1.807) is 27.9 Å². The Hall–Kier alpha value is -1.18. The fourth-order valence-electron chi connectivity index (χ4n) is 0.790. The molecule has 0 aromatic rings. The van der Waals surface area contributed by atoms with Gasteiger partial charge in [-0.05, 0) is 20.8 Å². The van der Waals surface area contributed by atoms with Crippen LogP contribution in [0.1, 0.15) is 34.6 Å². The molecular weight excluding hydrogens is 268 g/mol. The second-order valence-corrected chi connectivity index (χ2v) is 3.84. The van der Waals surface area contributed by atoms with Gasteiger partial charge in [-0.15, -0.1) is 0 Å². The number of hydrogen-bond donors (Lipinski definition) is 2. The van der Waals surface area contributed by atoms with E-state index in [4.69, 9.17) is 19.7 Å². The molecule has 0 amide bonds. The van der Waals surface area contributed by atoms with Gasteiger partial charge in [-0.1, -0.05) is 0 Å². The molecule has 0 spiro atoms. The monoisotopic (exact) mass is 296 g/mol. The van der Waals surface area contributed by atoms with Crippen LogP contribution in [-0.4, -0.2) is 61.3 Å². The summed E-state index contributed by atoms with van der Waals surface area (Å²) in [4.78, 5) is 20.3.